The van der Waals surface area contributed by atoms with Crippen molar-refractivity contribution in [3.05, 3.63) is 16.8 Å². The minimum atomic E-state index is -0.408. The zero-order valence-corrected chi connectivity index (χ0v) is 11.7. The van der Waals surface area contributed by atoms with Crippen LogP contribution in [-0.4, -0.2) is 23.9 Å². The zero-order chi connectivity index (χ0) is 13.3. The molecule has 1 aliphatic rings. The lowest BCUT2D eigenvalue weighted by Gasteiger charge is -2.40. The first-order valence-electron chi connectivity index (χ1n) is 6.22. The molecule has 2 rings (SSSR count). The van der Waals surface area contributed by atoms with Gasteiger partial charge in [-0.3, -0.25) is 14.5 Å². The average Bonchev–Trinajstić information content (AvgIpc) is 2.83. The maximum Gasteiger partial charge on any atom is 0.250 e. The number of hydrogen-bond donors (Lipinski definition) is 1. The predicted molar refractivity (Wildman–Crippen MR) is 72.7 cm³/mol. The molecule has 2 unspecified atom stereocenters. The summed E-state index contributed by atoms with van der Waals surface area (Å²) in [7, 11) is 0. The molecule has 1 fully saturated rings. The smallest absolute Gasteiger partial charge is 0.250 e. The van der Waals surface area contributed by atoms with Crippen molar-refractivity contribution in [2.75, 3.05) is 4.90 Å². The van der Waals surface area contributed by atoms with Crippen LogP contribution >= 0.6 is 11.3 Å². The van der Waals surface area contributed by atoms with E-state index in [4.69, 9.17) is 0 Å². The maximum atomic E-state index is 12.4. The minimum Gasteiger partial charge on any atom is -0.342 e. The SMILES string of the molecule is CCC1NC(=O)C(C(C)C)N(c2ccsc2)C1=O. The first-order valence-corrected chi connectivity index (χ1v) is 7.16. The topological polar surface area (TPSA) is 49.4 Å². The van der Waals surface area contributed by atoms with Gasteiger partial charge in [-0.15, -0.1) is 0 Å². The number of carbonyl (C=O) groups excluding carboxylic acids is 2. The van der Waals surface area contributed by atoms with Gasteiger partial charge in [0.2, 0.25) is 11.8 Å². The Morgan fingerprint density at radius 1 is 1.44 bits per heavy atom. The van der Waals surface area contributed by atoms with E-state index in [9.17, 15) is 9.59 Å². The van der Waals surface area contributed by atoms with E-state index < -0.39 is 12.1 Å². The van der Waals surface area contributed by atoms with Gasteiger partial charge in [0.1, 0.15) is 12.1 Å². The van der Waals surface area contributed by atoms with Crippen molar-refractivity contribution in [2.24, 2.45) is 5.92 Å². The summed E-state index contributed by atoms with van der Waals surface area (Å²) in [6.07, 6.45) is 0.621. The molecule has 0 bridgehead atoms. The number of nitrogens with one attached hydrogen (secondary N) is 1. The fraction of sp³-hybridized carbons (Fsp3) is 0.538. The number of hydrogen-bond acceptors (Lipinski definition) is 3. The van der Waals surface area contributed by atoms with Crippen molar-refractivity contribution in [1.82, 2.24) is 5.32 Å². The van der Waals surface area contributed by atoms with Crippen molar-refractivity contribution >= 4 is 28.8 Å². The molecule has 0 aromatic carbocycles. The molecule has 1 N–H and O–H groups in total. The highest BCUT2D eigenvalue weighted by molar-refractivity contribution is 7.08. The predicted octanol–water partition coefficient (Wildman–Crippen LogP) is 2.01. The largest absolute Gasteiger partial charge is 0.342 e. The van der Waals surface area contributed by atoms with E-state index in [1.165, 1.54) is 11.3 Å². The number of piperazine rings is 1. The molecule has 1 aromatic heterocycles. The lowest BCUT2D eigenvalue weighted by atomic mass is 9.96. The van der Waals surface area contributed by atoms with Gasteiger partial charge in [-0.05, 0) is 23.8 Å². The molecule has 0 spiro atoms. The molecule has 2 heterocycles. The summed E-state index contributed by atoms with van der Waals surface area (Å²) in [6, 6.07) is 1.09. The molecule has 1 aromatic rings. The van der Waals surface area contributed by atoms with Crippen molar-refractivity contribution in [1.29, 1.82) is 0 Å². The minimum absolute atomic E-state index is 0.00537. The third-order valence-electron chi connectivity index (χ3n) is 3.22. The Morgan fingerprint density at radius 3 is 2.67 bits per heavy atom. The number of anilines is 1. The van der Waals surface area contributed by atoms with Gasteiger partial charge in [0.05, 0.1) is 5.69 Å². The van der Waals surface area contributed by atoms with E-state index in [1.54, 1.807) is 4.90 Å². The first-order chi connectivity index (χ1) is 8.56. The Hall–Kier alpha value is -1.36. The van der Waals surface area contributed by atoms with Gasteiger partial charge in [0.15, 0.2) is 0 Å². The highest BCUT2D eigenvalue weighted by Gasteiger charge is 2.42. The van der Waals surface area contributed by atoms with Gasteiger partial charge in [-0.2, -0.15) is 11.3 Å². The molecule has 98 valence electrons. The third kappa shape index (κ3) is 2.14. The molecule has 18 heavy (non-hydrogen) atoms. The fourth-order valence-electron chi connectivity index (χ4n) is 2.30. The van der Waals surface area contributed by atoms with E-state index in [1.807, 2.05) is 37.6 Å². The number of rotatable bonds is 3. The molecule has 5 heteroatoms. The van der Waals surface area contributed by atoms with Crippen LogP contribution in [0.3, 0.4) is 0 Å². The second kappa shape index (κ2) is 5.10. The lowest BCUT2D eigenvalue weighted by molar-refractivity contribution is -0.134. The maximum absolute atomic E-state index is 12.4. The van der Waals surface area contributed by atoms with Crippen LogP contribution in [0, 0.1) is 5.92 Å². The van der Waals surface area contributed by atoms with Crippen molar-refractivity contribution < 1.29 is 9.59 Å². The van der Waals surface area contributed by atoms with Crippen LogP contribution in [0.15, 0.2) is 16.8 Å². The standard InChI is InChI=1S/C13H18N2O2S/c1-4-10-13(17)15(9-5-6-18-7-9)11(8(2)3)12(16)14-10/h5-8,10-11H,4H2,1-3H3,(H,14,16). The second-order valence-corrected chi connectivity index (χ2v) is 5.63. The summed E-state index contributed by atoms with van der Waals surface area (Å²) >= 11 is 1.53. The van der Waals surface area contributed by atoms with Gasteiger partial charge in [-0.25, -0.2) is 0 Å². The summed E-state index contributed by atoms with van der Waals surface area (Å²) in [4.78, 5) is 26.2. The number of nitrogens with zero attached hydrogens (tertiary/aromatic N) is 1. The molecule has 4 nitrogen and oxygen atoms in total. The zero-order valence-electron chi connectivity index (χ0n) is 10.8. The average molecular weight is 266 g/mol. The Bertz CT molecular complexity index is 442. The highest BCUT2D eigenvalue weighted by Crippen LogP contribution is 2.27. The molecular weight excluding hydrogens is 248 g/mol. The molecule has 1 saturated heterocycles. The molecule has 2 atom stereocenters. The van der Waals surface area contributed by atoms with Gasteiger partial charge < -0.3 is 5.32 Å². The normalized spacial score (nSPS) is 24.6. The van der Waals surface area contributed by atoms with Gasteiger partial charge >= 0.3 is 0 Å². The van der Waals surface area contributed by atoms with Crippen LogP contribution in [0.2, 0.25) is 0 Å². The third-order valence-corrected chi connectivity index (χ3v) is 3.89. The number of amides is 2. The van der Waals surface area contributed by atoms with Crippen LogP contribution in [0.5, 0.6) is 0 Å². The van der Waals surface area contributed by atoms with Crippen molar-refractivity contribution in [3.8, 4) is 0 Å². The summed E-state index contributed by atoms with van der Waals surface area (Å²) in [6.45, 7) is 5.83. The first kappa shape index (κ1) is 13.1. The Balaban J connectivity index is 2.40. The fourth-order valence-corrected chi connectivity index (χ4v) is 2.93. The Morgan fingerprint density at radius 2 is 2.17 bits per heavy atom. The van der Waals surface area contributed by atoms with Crippen LogP contribution < -0.4 is 10.2 Å². The molecule has 2 amide bonds. The summed E-state index contributed by atoms with van der Waals surface area (Å²) in [5.74, 6) is 0.0310. The van der Waals surface area contributed by atoms with Gasteiger partial charge in [-0.1, -0.05) is 20.8 Å². The van der Waals surface area contributed by atoms with E-state index >= 15 is 0 Å². The quantitative estimate of drug-likeness (QED) is 0.910. The van der Waals surface area contributed by atoms with E-state index in [2.05, 4.69) is 5.32 Å². The molecule has 1 aliphatic heterocycles. The number of carbonyl (C=O) groups is 2. The highest BCUT2D eigenvalue weighted by atomic mass is 32.1. The van der Waals surface area contributed by atoms with Gasteiger partial charge in [0.25, 0.3) is 0 Å². The van der Waals surface area contributed by atoms with Crippen LogP contribution in [-0.2, 0) is 9.59 Å². The van der Waals surface area contributed by atoms with Crippen LogP contribution in [0.1, 0.15) is 27.2 Å². The van der Waals surface area contributed by atoms with E-state index in [0.29, 0.717) is 6.42 Å². The van der Waals surface area contributed by atoms with Crippen molar-refractivity contribution in [2.45, 2.75) is 39.3 Å². The summed E-state index contributed by atoms with van der Waals surface area (Å²) < 4.78 is 0. The molecule has 0 radical (unpaired) electrons. The Kier molecular flexibility index (Phi) is 3.71. The van der Waals surface area contributed by atoms with Crippen LogP contribution in [0.25, 0.3) is 0 Å². The molecular formula is C13H18N2O2S. The van der Waals surface area contributed by atoms with Crippen LogP contribution in [0.4, 0.5) is 5.69 Å². The van der Waals surface area contributed by atoms with E-state index in [0.717, 1.165) is 5.69 Å². The Labute approximate surface area is 111 Å². The second-order valence-electron chi connectivity index (χ2n) is 4.85. The summed E-state index contributed by atoms with van der Waals surface area (Å²) in [5.41, 5.74) is 0.831. The molecule has 0 saturated carbocycles. The van der Waals surface area contributed by atoms with Crippen molar-refractivity contribution in [3.63, 3.8) is 0 Å². The number of thiophene rings is 1. The monoisotopic (exact) mass is 266 g/mol. The van der Waals surface area contributed by atoms with E-state index in [-0.39, 0.29) is 17.7 Å². The lowest BCUT2D eigenvalue weighted by Crippen LogP contribution is -2.65. The molecule has 0 aliphatic carbocycles. The summed E-state index contributed by atoms with van der Waals surface area (Å²) in [5, 5.41) is 6.65. The van der Waals surface area contributed by atoms with Gasteiger partial charge in [0, 0.05) is 5.38 Å².